The third-order valence-corrected chi connectivity index (χ3v) is 5.56. The molecule has 1 aliphatic heterocycles. The Labute approximate surface area is 187 Å². The van der Waals surface area contributed by atoms with Gasteiger partial charge in [0.2, 0.25) is 0 Å². The van der Waals surface area contributed by atoms with E-state index in [9.17, 15) is 30.3 Å². The third kappa shape index (κ3) is 4.52. The van der Waals surface area contributed by atoms with E-state index in [2.05, 4.69) is 0 Å². The summed E-state index contributed by atoms with van der Waals surface area (Å²) in [4.78, 5) is 12.6. The van der Waals surface area contributed by atoms with Crippen molar-refractivity contribution in [1.82, 2.24) is 0 Å². The van der Waals surface area contributed by atoms with Gasteiger partial charge in [-0.15, -0.1) is 0 Å². The van der Waals surface area contributed by atoms with Crippen LogP contribution in [0.2, 0.25) is 0 Å². The minimum absolute atomic E-state index is 0.0209. The molecule has 3 unspecified atom stereocenters. The smallest absolute Gasteiger partial charge is 0.197 e. The van der Waals surface area contributed by atoms with Crippen LogP contribution in [0.1, 0.15) is 0 Å². The Bertz CT molecular complexity index is 1170. The van der Waals surface area contributed by atoms with Crippen molar-refractivity contribution < 1.29 is 44.2 Å². The second-order valence-corrected chi connectivity index (χ2v) is 7.70. The minimum Gasteiger partial charge on any atom is -0.507 e. The number of rotatable bonds is 6. The zero-order chi connectivity index (χ0) is 23.7. The topological polar surface area (TPSA) is 159 Å². The summed E-state index contributed by atoms with van der Waals surface area (Å²) in [7, 11) is 1.54. The first kappa shape index (κ1) is 23.0. The molecular formula is C23H24O10. The van der Waals surface area contributed by atoms with Crippen LogP contribution in [-0.2, 0) is 4.74 Å². The first-order chi connectivity index (χ1) is 15.8. The van der Waals surface area contributed by atoms with Gasteiger partial charge in [-0.2, -0.15) is 0 Å². The van der Waals surface area contributed by atoms with Gasteiger partial charge in [-0.25, -0.2) is 0 Å². The molecule has 4 rings (SSSR count). The first-order valence-corrected chi connectivity index (χ1v) is 10.2. The van der Waals surface area contributed by atoms with Crippen LogP contribution in [0.15, 0.2) is 51.7 Å². The average molecular weight is 460 g/mol. The molecule has 1 aliphatic rings. The number of aliphatic hydroxyl groups is 4. The van der Waals surface area contributed by atoms with Gasteiger partial charge in [-0.05, 0) is 24.3 Å². The molecular weight excluding hydrogens is 436 g/mol. The van der Waals surface area contributed by atoms with Crippen LogP contribution in [0.3, 0.4) is 0 Å². The Hall–Kier alpha value is -3.15. The lowest BCUT2D eigenvalue weighted by molar-refractivity contribution is -0.234. The van der Waals surface area contributed by atoms with E-state index in [1.165, 1.54) is 18.2 Å². The van der Waals surface area contributed by atoms with Crippen molar-refractivity contribution in [3.8, 4) is 28.6 Å². The van der Waals surface area contributed by atoms with Gasteiger partial charge in [0.15, 0.2) is 5.43 Å². The number of aliphatic hydroxyl groups excluding tert-OH is 4. The van der Waals surface area contributed by atoms with Crippen molar-refractivity contribution in [3.63, 3.8) is 0 Å². The number of hydrogen-bond donors (Lipinski definition) is 5. The van der Waals surface area contributed by atoms with E-state index in [4.69, 9.17) is 18.6 Å². The monoisotopic (exact) mass is 460 g/mol. The molecule has 1 aromatic heterocycles. The molecule has 10 heteroatoms. The number of methoxy groups -OCH3 is 1. The zero-order valence-corrected chi connectivity index (χ0v) is 17.6. The number of phenols is 1. The van der Waals surface area contributed by atoms with E-state index in [-0.39, 0.29) is 34.8 Å². The van der Waals surface area contributed by atoms with Crippen LogP contribution < -0.4 is 14.9 Å². The second-order valence-electron chi connectivity index (χ2n) is 7.70. The summed E-state index contributed by atoms with van der Waals surface area (Å²) in [6.07, 6.45) is -6.59. The zero-order valence-electron chi connectivity index (χ0n) is 17.6. The number of aromatic hydroxyl groups is 1. The summed E-state index contributed by atoms with van der Waals surface area (Å²) in [5.74, 6) is 0.683. The lowest BCUT2D eigenvalue weighted by Crippen LogP contribution is -2.59. The summed E-state index contributed by atoms with van der Waals surface area (Å²) in [6, 6.07) is 10.8. The van der Waals surface area contributed by atoms with Crippen LogP contribution in [-0.4, -0.2) is 76.4 Å². The molecule has 2 heterocycles. The average Bonchev–Trinajstić information content (AvgIpc) is 2.81. The third-order valence-electron chi connectivity index (χ3n) is 5.56. The van der Waals surface area contributed by atoms with Crippen molar-refractivity contribution in [3.05, 3.63) is 52.7 Å². The van der Waals surface area contributed by atoms with Gasteiger partial charge in [0.1, 0.15) is 71.1 Å². The predicted molar refractivity (Wildman–Crippen MR) is 115 cm³/mol. The molecule has 1 fully saturated rings. The fourth-order valence-corrected chi connectivity index (χ4v) is 3.72. The van der Waals surface area contributed by atoms with Gasteiger partial charge < -0.3 is 44.2 Å². The van der Waals surface area contributed by atoms with E-state index < -0.39 is 42.6 Å². The number of phenolic OH excluding ortho intramolecular Hbond substituents is 1. The molecule has 3 aromatic rings. The molecule has 10 nitrogen and oxygen atoms in total. The van der Waals surface area contributed by atoms with Gasteiger partial charge in [0.05, 0.1) is 13.7 Å². The Balaban J connectivity index is 1.60. The standard InChI is InChI=1S/C23H24O10/c1-30-12-4-2-11(3-5-12)16-8-15(26)20-14(25)6-13(7-17(20)32-16)31-10-19-22(28)23(29)21(27)18(9-24)33-19/h2-8,18-19,21-25,27-29H,9-10H2,1H3/t18?,19-,21+,22?,23?/m0/s1. The van der Waals surface area contributed by atoms with E-state index >= 15 is 0 Å². The predicted octanol–water partition coefficient (Wildman–Crippen LogP) is 0.395. The Morgan fingerprint density at radius 1 is 0.939 bits per heavy atom. The molecule has 5 atom stereocenters. The van der Waals surface area contributed by atoms with E-state index in [0.717, 1.165) is 0 Å². The molecule has 33 heavy (non-hydrogen) atoms. The minimum atomic E-state index is -1.53. The molecule has 1 saturated heterocycles. The quantitative estimate of drug-likeness (QED) is 0.348. The van der Waals surface area contributed by atoms with E-state index in [1.54, 1.807) is 31.4 Å². The highest BCUT2D eigenvalue weighted by atomic mass is 16.6. The van der Waals surface area contributed by atoms with Crippen LogP contribution >= 0.6 is 0 Å². The molecule has 0 saturated carbocycles. The number of ether oxygens (including phenoxy) is 3. The Kier molecular flexibility index (Phi) is 6.54. The number of fused-ring (bicyclic) bond motifs is 1. The molecule has 5 N–H and O–H groups in total. The van der Waals surface area contributed by atoms with Crippen LogP contribution in [0, 0.1) is 0 Å². The summed E-state index contributed by atoms with van der Waals surface area (Å²) >= 11 is 0. The van der Waals surface area contributed by atoms with Gasteiger partial charge in [-0.1, -0.05) is 0 Å². The molecule has 0 spiro atoms. The van der Waals surface area contributed by atoms with E-state index in [1.807, 2.05) is 0 Å². The highest BCUT2D eigenvalue weighted by Crippen LogP contribution is 2.32. The highest BCUT2D eigenvalue weighted by Gasteiger charge is 2.43. The van der Waals surface area contributed by atoms with E-state index in [0.29, 0.717) is 11.3 Å². The fraction of sp³-hybridized carbons (Fsp3) is 0.348. The van der Waals surface area contributed by atoms with Gasteiger partial charge in [-0.3, -0.25) is 4.79 Å². The molecule has 176 valence electrons. The molecule has 2 aromatic carbocycles. The number of hydrogen-bond acceptors (Lipinski definition) is 10. The Morgan fingerprint density at radius 2 is 1.64 bits per heavy atom. The largest absolute Gasteiger partial charge is 0.507 e. The summed E-state index contributed by atoms with van der Waals surface area (Å²) < 4.78 is 22.0. The fourth-order valence-electron chi connectivity index (χ4n) is 3.72. The number of benzene rings is 2. The lowest BCUT2D eigenvalue weighted by Gasteiger charge is -2.39. The van der Waals surface area contributed by atoms with Gasteiger partial charge >= 0.3 is 0 Å². The van der Waals surface area contributed by atoms with Gasteiger partial charge in [0, 0.05) is 23.8 Å². The SMILES string of the molecule is COc1ccc(-c2cc(=O)c3c(O)cc(OC[C@@H]4OC(CO)[C@@H](O)C(O)C4O)cc3o2)cc1. The molecule has 0 amide bonds. The summed E-state index contributed by atoms with van der Waals surface area (Å²) in [6.45, 7) is -0.827. The van der Waals surface area contributed by atoms with Crippen LogP contribution in [0.4, 0.5) is 0 Å². The van der Waals surface area contributed by atoms with Crippen LogP contribution in [0.25, 0.3) is 22.3 Å². The lowest BCUT2D eigenvalue weighted by atomic mass is 9.95. The second kappa shape index (κ2) is 9.38. The molecule has 0 bridgehead atoms. The van der Waals surface area contributed by atoms with Crippen molar-refractivity contribution in [2.24, 2.45) is 0 Å². The maximum Gasteiger partial charge on any atom is 0.197 e. The van der Waals surface area contributed by atoms with Crippen molar-refractivity contribution >= 4 is 11.0 Å². The van der Waals surface area contributed by atoms with Crippen LogP contribution in [0.5, 0.6) is 17.2 Å². The Morgan fingerprint density at radius 3 is 2.30 bits per heavy atom. The summed E-state index contributed by atoms with van der Waals surface area (Å²) in [5, 5.41) is 49.6. The van der Waals surface area contributed by atoms with Crippen molar-refractivity contribution in [2.45, 2.75) is 30.5 Å². The molecule has 0 aliphatic carbocycles. The van der Waals surface area contributed by atoms with Crippen molar-refractivity contribution in [1.29, 1.82) is 0 Å². The maximum absolute atomic E-state index is 12.6. The maximum atomic E-state index is 12.6. The first-order valence-electron chi connectivity index (χ1n) is 10.2. The van der Waals surface area contributed by atoms with Crippen molar-refractivity contribution in [2.75, 3.05) is 20.3 Å². The van der Waals surface area contributed by atoms with Gasteiger partial charge in [0.25, 0.3) is 0 Å². The normalized spacial score (nSPS) is 25.2. The highest BCUT2D eigenvalue weighted by molar-refractivity contribution is 5.86. The molecule has 0 radical (unpaired) electrons. The summed E-state index contributed by atoms with van der Waals surface area (Å²) in [5.41, 5.74) is 0.263.